The van der Waals surface area contributed by atoms with Crippen molar-refractivity contribution in [2.24, 2.45) is 0 Å². The Bertz CT molecular complexity index is 1140. The minimum atomic E-state index is -0.474. The van der Waals surface area contributed by atoms with Crippen molar-refractivity contribution >= 4 is 16.8 Å². The third-order valence-electron chi connectivity index (χ3n) is 5.01. The normalized spacial score (nSPS) is 11.9. The number of carbonyl (C=O) groups is 1. The number of benzene rings is 3. The molecular formula is C25H22N2O2. The zero-order valence-electron chi connectivity index (χ0n) is 16.2. The molecule has 0 spiro atoms. The van der Waals surface area contributed by atoms with Crippen LogP contribution in [0, 0.1) is 6.92 Å². The Labute approximate surface area is 169 Å². The largest absolute Gasteiger partial charge is 0.505 e. The summed E-state index contributed by atoms with van der Waals surface area (Å²) in [7, 11) is 0. The Morgan fingerprint density at radius 1 is 0.966 bits per heavy atom. The first-order valence-corrected chi connectivity index (χ1v) is 9.58. The van der Waals surface area contributed by atoms with Gasteiger partial charge in [0.05, 0.1) is 12.5 Å². The summed E-state index contributed by atoms with van der Waals surface area (Å²) in [6, 6.07) is 24.6. The highest BCUT2D eigenvalue weighted by Crippen LogP contribution is 2.34. The zero-order valence-corrected chi connectivity index (χ0v) is 16.2. The van der Waals surface area contributed by atoms with Crippen LogP contribution in [0.15, 0.2) is 85.1 Å². The summed E-state index contributed by atoms with van der Waals surface area (Å²) >= 11 is 0. The van der Waals surface area contributed by atoms with Crippen LogP contribution in [-0.4, -0.2) is 16.0 Å². The fourth-order valence-electron chi connectivity index (χ4n) is 3.47. The average molecular weight is 382 g/mol. The molecule has 1 heterocycles. The van der Waals surface area contributed by atoms with E-state index in [0.29, 0.717) is 11.1 Å². The van der Waals surface area contributed by atoms with Gasteiger partial charge in [0, 0.05) is 17.1 Å². The number of nitrogens with one attached hydrogen (secondary N) is 1. The molecule has 1 atom stereocenters. The lowest BCUT2D eigenvalue weighted by molar-refractivity contribution is -0.120. The summed E-state index contributed by atoms with van der Waals surface area (Å²) in [6.45, 7) is 2.02. The summed E-state index contributed by atoms with van der Waals surface area (Å²) < 4.78 is 0. The van der Waals surface area contributed by atoms with E-state index in [4.69, 9.17) is 0 Å². The molecule has 4 rings (SSSR count). The summed E-state index contributed by atoms with van der Waals surface area (Å²) in [5.74, 6) is -0.0176. The van der Waals surface area contributed by atoms with Crippen LogP contribution < -0.4 is 5.32 Å². The Morgan fingerprint density at radius 2 is 1.72 bits per heavy atom. The molecule has 29 heavy (non-hydrogen) atoms. The lowest BCUT2D eigenvalue weighted by atomic mass is 9.95. The van der Waals surface area contributed by atoms with Crippen LogP contribution in [0.2, 0.25) is 0 Å². The Hall–Kier alpha value is -3.66. The molecule has 0 bridgehead atoms. The maximum Gasteiger partial charge on any atom is 0.225 e. The van der Waals surface area contributed by atoms with Crippen molar-refractivity contribution in [1.29, 1.82) is 0 Å². The summed E-state index contributed by atoms with van der Waals surface area (Å²) in [5.41, 5.74) is 4.13. The number of phenolic OH excluding ortho intramolecular Hbond substituents is 1. The SMILES string of the molecule is Cc1ccc([C@H](NC(=O)Cc2ccccc2)c2ccc3cccnc3c2O)cc1. The van der Waals surface area contributed by atoms with Crippen LogP contribution in [0.4, 0.5) is 0 Å². The fraction of sp³-hybridized carbons (Fsp3) is 0.120. The monoisotopic (exact) mass is 382 g/mol. The first-order chi connectivity index (χ1) is 14.1. The van der Waals surface area contributed by atoms with Gasteiger partial charge in [-0.1, -0.05) is 78.4 Å². The van der Waals surface area contributed by atoms with Crippen LogP contribution in [0.3, 0.4) is 0 Å². The highest BCUT2D eigenvalue weighted by atomic mass is 16.3. The van der Waals surface area contributed by atoms with Crippen molar-refractivity contribution in [2.45, 2.75) is 19.4 Å². The molecule has 4 nitrogen and oxygen atoms in total. The number of fused-ring (bicyclic) bond motifs is 1. The van der Waals surface area contributed by atoms with Crippen molar-refractivity contribution in [2.75, 3.05) is 0 Å². The Morgan fingerprint density at radius 3 is 2.48 bits per heavy atom. The van der Waals surface area contributed by atoms with E-state index in [1.54, 1.807) is 6.20 Å². The molecule has 0 aliphatic carbocycles. The van der Waals surface area contributed by atoms with Gasteiger partial charge in [-0.3, -0.25) is 9.78 Å². The number of aromatic nitrogens is 1. The molecule has 4 aromatic rings. The van der Waals surface area contributed by atoms with Crippen molar-refractivity contribution in [3.05, 3.63) is 107 Å². The van der Waals surface area contributed by atoms with Gasteiger partial charge in [0.15, 0.2) is 0 Å². The van der Waals surface area contributed by atoms with E-state index in [9.17, 15) is 9.90 Å². The average Bonchev–Trinajstić information content (AvgIpc) is 2.74. The number of aryl methyl sites for hydroxylation is 1. The number of hydrogen-bond acceptors (Lipinski definition) is 3. The predicted molar refractivity (Wildman–Crippen MR) is 115 cm³/mol. The van der Waals surface area contributed by atoms with E-state index in [1.165, 1.54) is 0 Å². The standard InChI is InChI=1S/C25H22N2O2/c1-17-9-11-20(12-10-17)23(27-22(28)16-18-6-3-2-4-7-18)21-14-13-19-8-5-15-26-24(19)25(21)29/h2-15,23,29H,16H2,1H3,(H,27,28)/t23-/m0/s1. The van der Waals surface area contributed by atoms with Gasteiger partial charge in [-0.25, -0.2) is 0 Å². The highest BCUT2D eigenvalue weighted by molar-refractivity contribution is 5.86. The molecule has 0 saturated carbocycles. The van der Waals surface area contributed by atoms with Crippen LogP contribution in [0.1, 0.15) is 28.3 Å². The van der Waals surface area contributed by atoms with E-state index in [0.717, 1.165) is 22.1 Å². The predicted octanol–water partition coefficient (Wildman–Crippen LogP) is 4.70. The smallest absolute Gasteiger partial charge is 0.225 e. The molecule has 3 aromatic carbocycles. The van der Waals surface area contributed by atoms with Crippen LogP contribution in [-0.2, 0) is 11.2 Å². The van der Waals surface area contributed by atoms with Crippen molar-refractivity contribution in [3.8, 4) is 5.75 Å². The molecule has 0 radical (unpaired) electrons. The third-order valence-corrected chi connectivity index (χ3v) is 5.01. The molecule has 0 fully saturated rings. The number of rotatable bonds is 5. The number of nitrogens with zero attached hydrogens (tertiary/aromatic N) is 1. The van der Waals surface area contributed by atoms with Gasteiger partial charge in [0.2, 0.25) is 5.91 Å². The van der Waals surface area contributed by atoms with E-state index in [2.05, 4.69) is 10.3 Å². The summed E-state index contributed by atoms with van der Waals surface area (Å²) in [5, 5.41) is 14.9. The minimum absolute atomic E-state index is 0.0914. The molecule has 1 aromatic heterocycles. The third kappa shape index (κ3) is 4.11. The van der Waals surface area contributed by atoms with Crippen LogP contribution >= 0.6 is 0 Å². The molecule has 0 unspecified atom stereocenters. The fourth-order valence-corrected chi connectivity index (χ4v) is 3.47. The van der Waals surface area contributed by atoms with E-state index in [1.807, 2.05) is 85.8 Å². The Balaban J connectivity index is 1.72. The summed E-state index contributed by atoms with van der Waals surface area (Å²) in [6.07, 6.45) is 1.93. The second-order valence-corrected chi connectivity index (χ2v) is 7.15. The van der Waals surface area contributed by atoms with Crippen molar-refractivity contribution in [3.63, 3.8) is 0 Å². The number of aromatic hydroxyl groups is 1. The van der Waals surface area contributed by atoms with E-state index in [-0.39, 0.29) is 18.1 Å². The van der Waals surface area contributed by atoms with E-state index >= 15 is 0 Å². The number of carbonyl (C=O) groups excluding carboxylic acids is 1. The lowest BCUT2D eigenvalue weighted by Crippen LogP contribution is -2.30. The maximum absolute atomic E-state index is 12.8. The van der Waals surface area contributed by atoms with Gasteiger partial charge in [-0.2, -0.15) is 0 Å². The molecule has 1 amide bonds. The number of hydrogen-bond donors (Lipinski definition) is 2. The summed E-state index contributed by atoms with van der Waals surface area (Å²) in [4.78, 5) is 17.1. The van der Waals surface area contributed by atoms with E-state index < -0.39 is 6.04 Å². The minimum Gasteiger partial charge on any atom is -0.505 e. The molecule has 144 valence electrons. The first kappa shape index (κ1) is 18.7. The van der Waals surface area contributed by atoms with Gasteiger partial charge < -0.3 is 10.4 Å². The van der Waals surface area contributed by atoms with Crippen LogP contribution in [0.5, 0.6) is 5.75 Å². The van der Waals surface area contributed by atoms with Gasteiger partial charge in [-0.15, -0.1) is 0 Å². The molecule has 2 N–H and O–H groups in total. The number of amides is 1. The molecule has 4 heteroatoms. The number of pyridine rings is 1. The van der Waals surface area contributed by atoms with Crippen molar-refractivity contribution in [1.82, 2.24) is 10.3 Å². The number of phenols is 1. The van der Waals surface area contributed by atoms with Gasteiger partial charge in [0.25, 0.3) is 0 Å². The van der Waals surface area contributed by atoms with Crippen molar-refractivity contribution < 1.29 is 9.90 Å². The van der Waals surface area contributed by atoms with Crippen LogP contribution in [0.25, 0.3) is 10.9 Å². The second-order valence-electron chi connectivity index (χ2n) is 7.15. The van der Waals surface area contributed by atoms with Gasteiger partial charge >= 0.3 is 0 Å². The molecule has 0 aliphatic heterocycles. The topological polar surface area (TPSA) is 62.2 Å². The van der Waals surface area contributed by atoms with Gasteiger partial charge in [0.1, 0.15) is 11.3 Å². The molecule has 0 saturated heterocycles. The highest BCUT2D eigenvalue weighted by Gasteiger charge is 2.22. The molecule has 0 aliphatic rings. The second kappa shape index (κ2) is 8.15. The Kier molecular flexibility index (Phi) is 5.25. The molecular weight excluding hydrogens is 360 g/mol. The zero-order chi connectivity index (χ0) is 20.2. The maximum atomic E-state index is 12.8. The first-order valence-electron chi connectivity index (χ1n) is 9.58. The lowest BCUT2D eigenvalue weighted by Gasteiger charge is -2.22. The van der Waals surface area contributed by atoms with Gasteiger partial charge in [-0.05, 0) is 24.1 Å². The quantitative estimate of drug-likeness (QED) is 0.526.